The number of nitrogens with zero attached hydrogens (tertiary/aromatic N) is 4. The third-order valence-corrected chi connectivity index (χ3v) is 4.59. The average molecular weight is 277 g/mol. The van der Waals surface area contributed by atoms with Crippen LogP contribution < -0.4 is 5.32 Å². The van der Waals surface area contributed by atoms with Gasteiger partial charge in [-0.3, -0.25) is 4.90 Å². The van der Waals surface area contributed by atoms with E-state index in [0.717, 1.165) is 44.5 Å². The van der Waals surface area contributed by atoms with Gasteiger partial charge in [0.25, 0.3) is 0 Å². The Labute approximate surface area is 121 Å². The molecular weight excluding hydrogens is 250 g/mol. The van der Waals surface area contributed by atoms with Crippen LogP contribution in [0.4, 0.5) is 0 Å². The van der Waals surface area contributed by atoms with Gasteiger partial charge in [0.15, 0.2) is 0 Å². The van der Waals surface area contributed by atoms with E-state index in [-0.39, 0.29) is 0 Å². The Hall–Kier alpha value is -0.940. The van der Waals surface area contributed by atoms with E-state index in [4.69, 9.17) is 0 Å². The second kappa shape index (κ2) is 5.45. The van der Waals surface area contributed by atoms with Crippen molar-refractivity contribution in [3.05, 3.63) is 12.2 Å². The highest BCUT2D eigenvalue weighted by atomic mass is 15.4. The van der Waals surface area contributed by atoms with Gasteiger partial charge >= 0.3 is 0 Å². The van der Waals surface area contributed by atoms with Crippen molar-refractivity contribution in [2.24, 2.45) is 11.8 Å². The minimum Gasteiger partial charge on any atom is -0.309 e. The van der Waals surface area contributed by atoms with Crippen LogP contribution in [-0.2, 0) is 13.1 Å². The highest BCUT2D eigenvalue weighted by Gasteiger charge is 2.43. The number of hydrogen-bond acceptors (Lipinski definition) is 4. The normalized spacial score (nSPS) is 28.2. The molecule has 1 aliphatic heterocycles. The quantitative estimate of drug-likeness (QED) is 0.886. The summed E-state index contributed by atoms with van der Waals surface area (Å²) >= 11 is 0. The van der Waals surface area contributed by atoms with Gasteiger partial charge in [-0.25, -0.2) is 9.67 Å². The molecule has 2 fully saturated rings. The highest BCUT2D eigenvalue weighted by Crippen LogP contribution is 2.40. The lowest BCUT2D eigenvalue weighted by Crippen LogP contribution is -2.59. The Morgan fingerprint density at radius 1 is 1.45 bits per heavy atom. The maximum absolute atomic E-state index is 4.46. The standard InChI is InChI=1S/C15H27N5/c1-12(2)8-20-14(16-11-18-20)9-19-7-6-17-15(3,10-19)13-4-5-13/h11-13,17H,4-10H2,1-3H3. The monoisotopic (exact) mass is 277 g/mol. The Morgan fingerprint density at radius 3 is 2.95 bits per heavy atom. The summed E-state index contributed by atoms with van der Waals surface area (Å²) in [4.78, 5) is 7.00. The molecule has 5 nitrogen and oxygen atoms in total. The van der Waals surface area contributed by atoms with Crippen LogP contribution in [-0.4, -0.2) is 44.8 Å². The molecule has 1 saturated carbocycles. The van der Waals surface area contributed by atoms with Crippen LogP contribution in [0.5, 0.6) is 0 Å². The summed E-state index contributed by atoms with van der Waals surface area (Å²) in [7, 11) is 0. The predicted octanol–water partition coefficient (Wildman–Crippen LogP) is 1.51. The van der Waals surface area contributed by atoms with E-state index in [9.17, 15) is 0 Å². The highest BCUT2D eigenvalue weighted by molar-refractivity contribution is 5.02. The molecule has 0 spiro atoms. The van der Waals surface area contributed by atoms with E-state index < -0.39 is 0 Å². The summed E-state index contributed by atoms with van der Waals surface area (Å²) in [5.41, 5.74) is 0.307. The zero-order valence-corrected chi connectivity index (χ0v) is 13.0. The van der Waals surface area contributed by atoms with Crippen LogP contribution in [0.2, 0.25) is 0 Å². The van der Waals surface area contributed by atoms with Crippen LogP contribution in [0, 0.1) is 11.8 Å². The Balaban J connectivity index is 1.64. The van der Waals surface area contributed by atoms with E-state index in [1.54, 1.807) is 6.33 Å². The van der Waals surface area contributed by atoms with Crippen molar-refractivity contribution in [2.75, 3.05) is 19.6 Å². The third-order valence-electron chi connectivity index (χ3n) is 4.59. The first kappa shape index (κ1) is 14.0. The molecule has 0 bridgehead atoms. The molecule has 1 aromatic heterocycles. The Morgan fingerprint density at radius 2 is 2.25 bits per heavy atom. The van der Waals surface area contributed by atoms with Crippen molar-refractivity contribution in [2.45, 2.75) is 52.2 Å². The van der Waals surface area contributed by atoms with Gasteiger partial charge in [0.1, 0.15) is 12.2 Å². The lowest BCUT2D eigenvalue weighted by molar-refractivity contribution is 0.117. The molecule has 1 N–H and O–H groups in total. The fourth-order valence-electron chi connectivity index (χ4n) is 3.34. The van der Waals surface area contributed by atoms with Crippen molar-refractivity contribution in [1.29, 1.82) is 0 Å². The molecule has 1 saturated heterocycles. The Bertz CT molecular complexity index is 451. The van der Waals surface area contributed by atoms with Crippen molar-refractivity contribution in [1.82, 2.24) is 25.0 Å². The summed E-state index contributed by atoms with van der Waals surface area (Å²) in [5.74, 6) is 2.59. The molecule has 20 heavy (non-hydrogen) atoms. The molecule has 2 heterocycles. The molecule has 5 heteroatoms. The van der Waals surface area contributed by atoms with E-state index in [0.29, 0.717) is 11.5 Å². The van der Waals surface area contributed by atoms with Crippen molar-refractivity contribution in [3.63, 3.8) is 0 Å². The van der Waals surface area contributed by atoms with Gasteiger partial charge in [-0.05, 0) is 31.6 Å². The summed E-state index contributed by atoms with van der Waals surface area (Å²) in [6.07, 6.45) is 4.47. The largest absolute Gasteiger partial charge is 0.309 e. The van der Waals surface area contributed by atoms with Crippen LogP contribution in [0.25, 0.3) is 0 Å². The fourth-order valence-corrected chi connectivity index (χ4v) is 3.34. The fraction of sp³-hybridized carbons (Fsp3) is 0.867. The Kier molecular flexibility index (Phi) is 3.82. The minimum atomic E-state index is 0.307. The first-order chi connectivity index (χ1) is 9.57. The topological polar surface area (TPSA) is 46.0 Å². The molecule has 0 aromatic carbocycles. The molecule has 0 radical (unpaired) electrons. The second-order valence-corrected chi connectivity index (χ2v) is 7.08. The lowest BCUT2D eigenvalue weighted by atomic mass is 9.93. The third kappa shape index (κ3) is 3.04. The zero-order valence-electron chi connectivity index (χ0n) is 13.0. The SMILES string of the molecule is CC(C)Cn1ncnc1CN1CCNC(C)(C2CC2)C1. The molecule has 0 amide bonds. The average Bonchev–Trinajstić information content (AvgIpc) is 3.15. The lowest BCUT2D eigenvalue weighted by Gasteiger charge is -2.41. The first-order valence-electron chi connectivity index (χ1n) is 7.91. The molecular formula is C15H27N5. The van der Waals surface area contributed by atoms with E-state index in [1.807, 2.05) is 0 Å². The zero-order chi connectivity index (χ0) is 14.2. The molecule has 1 atom stereocenters. The van der Waals surface area contributed by atoms with Crippen LogP contribution >= 0.6 is 0 Å². The van der Waals surface area contributed by atoms with Gasteiger partial charge in [-0.1, -0.05) is 13.8 Å². The van der Waals surface area contributed by atoms with Crippen LogP contribution in [0.1, 0.15) is 39.4 Å². The van der Waals surface area contributed by atoms with Gasteiger partial charge in [-0.15, -0.1) is 0 Å². The summed E-state index contributed by atoms with van der Waals surface area (Å²) in [6.45, 7) is 12.0. The molecule has 112 valence electrons. The molecule has 3 rings (SSSR count). The smallest absolute Gasteiger partial charge is 0.141 e. The minimum absolute atomic E-state index is 0.307. The van der Waals surface area contributed by atoms with Crippen LogP contribution in [0.3, 0.4) is 0 Å². The van der Waals surface area contributed by atoms with Crippen molar-refractivity contribution < 1.29 is 0 Å². The van der Waals surface area contributed by atoms with Crippen LogP contribution in [0.15, 0.2) is 6.33 Å². The predicted molar refractivity (Wildman–Crippen MR) is 79.3 cm³/mol. The number of hydrogen-bond donors (Lipinski definition) is 1. The van der Waals surface area contributed by atoms with Gasteiger partial charge in [0.2, 0.25) is 0 Å². The molecule has 1 aliphatic carbocycles. The maximum Gasteiger partial charge on any atom is 0.141 e. The van der Waals surface area contributed by atoms with Gasteiger partial charge in [0, 0.05) is 31.7 Å². The summed E-state index contributed by atoms with van der Waals surface area (Å²) in [5, 5.41) is 8.10. The number of aromatic nitrogens is 3. The van der Waals surface area contributed by atoms with E-state index in [1.165, 1.54) is 12.8 Å². The molecule has 2 aliphatic rings. The number of rotatable bonds is 5. The van der Waals surface area contributed by atoms with E-state index in [2.05, 4.69) is 45.8 Å². The van der Waals surface area contributed by atoms with Gasteiger partial charge in [0.05, 0.1) is 6.54 Å². The van der Waals surface area contributed by atoms with Crippen molar-refractivity contribution in [3.8, 4) is 0 Å². The van der Waals surface area contributed by atoms with Gasteiger partial charge in [-0.2, -0.15) is 5.10 Å². The van der Waals surface area contributed by atoms with Gasteiger partial charge < -0.3 is 5.32 Å². The maximum atomic E-state index is 4.46. The summed E-state index contributed by atoms with van der Waals surface area (Å²) in [6, 6.07) is 0. The van der Waals surface area contributed by atoms with E-state index >= 15 is 0 Å². The summed E-state index contributed by atoms with van der Waals surface area (Å²) < 4.78 is 2.07. The molecule has 1 unspecified atom stereocenters. The second-order valence-electron chi connectivity index (χ2n) is 7.08. The molecule has 1 aromatic rings. The number of nitrogens with one attached hydrogen (secondary N) is 1. The first-order valence-corrected chi connectivity index (χ1v) is 7.91. The number of piperazine rings is 1. The van der Waals surface area contributed by atoms with Crippen molar-refractivity contribution >= 4 is 0 Å².